The molecule has 7 heteroatoms. The van der Waals surface area contributed by atoms with Crippen LogP contribution in [0, 0.1) is 17.6 Å². The van der Waals surface area contributed by atoms with Gasteiger partial charge in [-0.2, -0.15) is 0 Å². The lowest BCUT2D eigenvalue weighted by atomic mass is 9.86. The van der Waals surface area contributed by atoms with Crippen molar-refractivity contribution < 1.29 is 18.7 Å². The van der Waals surface area contributed by atoms with Crippen LogP contribution in [0.2, 0.25) is 0 Å². The summed E-state index contributed by atoms with van der Waals surface area (Å²) in [6, 6.07) is 16.1. The number of aliphatic carboxylic acids is 1. The molecule has 1 aliphatic rings. The van der Waals surface area contributed by atoms with E-state index in [1.807, 2.05) is 25.1 Å². The molecule has 1 aromatic heterocycles. The Hall–Kier alpha value is -3.32. The molecule has 0 unspecified atom stereocenters. The third-order valence-electron chi connectivity index (χ3n) is 6.13. The van der Waals surface area contributed by atoms with Crippen LogP contribution in [-0.2, 0) is 17.6 Å². The van der Waals surface area contributed by atoms with Gasteiger partial charge in [-0.15, -0.1) is 0 Å². The SMILES string of the molecule is C[C@H](CN[C@H](c1ccccc1)[C@H]1CNc2cc(F)cnc2C1)c1cc(F)cc(CC(=O)O)c1. The molecule has 3 atom stereocenters. The maximum Gasteiger partial charge on any atom is 0.307 e. The van der Waals surface area contributed by atoms with Crippen LogP contribution < -0.4 is 10.6 Å². The fourth-order valence-corrected chi connectivity index (χ4v) is 4.46. The van der Waals surface area contributed by atoms with E-state index in [9.17, 15) is 13.6 Å². The van der Waals surface area contributed by atoms with Crippen molar-refractivity contribution in [3.8, 4) is 0 Å². The minimum atomic E-state index is -0.986. The van der Waals surface area contributed by atoms with Crippen molar-refractivity contribution in [3.05, 3.63) is 94.8 Å². The van der Waals surface area contributed by atoms with Gasteiger partial charge in [0.2, 0.25) is 0 Å². The number of halogens is 2. The fraction of sp³-hybridized carbons (Fsp3) is 0.308. The Kier molecular flexibility index (Phi) is 6.99. The Morgan fingerprint density at radius 1 is 1.15 bits per heavy atom. The number of aromatic nitrogens is 1. The minimum Gasteiger partial charge on any atom is -0.481 e. The summed E-state index contributed by atoms with van der Waals surface area (Å²) in [5.41, 5.74) is 3.92. The number of benzene rings is 2. The van der Waals surface area contributed by atoms with Gasteiger partial charge >= 0.3 is 5.97 Å². The van der Waals surface area contributed by atoms with E-state index in [1.165, 1.54) is 24.4 Å². The number of rotatable bonds is 8. The topological polar surface area (TPSA) is 74.2 Å². The van der Waals surface area contributed by atoms with E-state index < -0.39 is 11.8 Å². The van der Waals surface area contributed by atoms with Crippen LogP contribution in [0.5, 0.6) is 0 Å². The summed E-state index contributed by atoms with van der Waals surface area (Å²) in [5.74, 6) is -1.62. The van der Waals surface area contributed by atoms with Crippen molar-refractivity contribution in [2.24, 2.45) is 5.92 Å². The van der Waals surface area contributed by atoms with Crippen LogP contribution in [0.1, 0.15) is 41.3 Å². The van der Waals surface area contributed by atoms with Gasteiger partial charge in [-0.1, -0.05) is 43.3 Å². The van der Waals surface area contributed by atoms with Gasteiger partial charge in [0.15, 0.2) is 0 Å². The summed E-state index contributed by atoms with van der Waals surface area (Å²) in [6.45, 7) is 3.24. The third-order valence-corrected chi connectivity index (χ3v) is 6.13. The van der Waals surface area contributed by atoms with E-state index in [2.05, 4.69) is 27.8 Å². The van der Waals surface area contributed by atoms with E-state index in [0.717, 1.165) is 22.5 Å². The summed E-state index contributed by atoms with van der Waals surface area (Å²) in [7, 11) is 0. The molecular formula is C26H27F2N3O2. The molecule has 5 nitrogen and oxygen atoms in total. The quantitative estimate of drug-likeness (QED) is 0.463. The first-order valence-electron chi connectivity index (χ1n) is 11.1. The molecule has 2 aromatic carbocycles. The van der Waals surface area contributed by atoms with Crippen molar-refractivity contribution >= 4 is 11.7 Å². The monoisotopic (exact) mass is 451 g/mol. The second-order valence-corrected chi connectivity index (χ2v) is 8.65. The normalized spacial score (nSPS) is 17.0. The molecule has 0 saturated heterocycles. The third kappa shape index (κ3) is 5.73. The molecule has 4 rings (SSSR count). The minimum absolute atomic E-state index is 0.00759. The first-order valence-corrected chi connectivity index (χ1v) is 11.1. The number of carbonyl (C=O) groups is 1. The van der Waals surface area contributed by atoms with Gasteiger partial charge in [0.25, 0.3) is 0 Å². The largest absolute Gasteiger partial charge is 0.481 e. The van der Waals surface area contributed by atoms with Crippen molar-refractivity contribution in [3.63, 3.8) is 0 Å². The van der Waals surface area contributed by atoms with Crippen molar-refractivity contribution in [2.45, 2.75) is 31.7 Å². The zero-order chi connectivity index (χ0) is 23.4. The maximum absolute atomic E-state index is 14.1. The van der Waals surface area contributed by atoms with Gasteiger partial charge in [0.05, 0.1) is 24.0 Å². The summed E-state index contributed by atoms with van der Waals surface area (Å²) in [6.07, 6.45) is 1.74. The predicted octanol–water partition coefficient (Wildman–Crippen LogP) is 4.71. The van der Waals surface area contributed by atoms with E-state index >= 15 is 0 Å². The Bertz CT molecular complexity index is 1120. The molecule has 0 saturated carbocycles. The molecule has 0 spiro atoms. The molecule has 0 bridgehead atoms. The smallest absolute Gasteiger partial charge is 0.307 e. The number of nitrogens with zero attached hydrogens (tertiary/aromatic N) is 1. The van der Waals surface area contributed by atoms with Gasteiger partial charge in [-0.05, 0) is 41.2 Å². The molecule has 0 amide bonds. The molecule has 33 heavy (non-hydrogen) atoms. The first-order chi connectivity index (χ1) is 15.9. The van der Waals surface area contributed by atoms with Crippen LogP contribution in [0.3, 0.4) is 0 Å². The highest BCUT2D eigenvalue weighted by Gasteiger charge is 2.28. The molecule has 1 aliphatic heterocycles. The Balaban J connectivity index is 1.52. The van der Waals surface area contributed by atoms with Crippen LogP contribution >= 0.6 is 0 Å². The second-order valence-electron chi connectivity index (χ2n) is 8.65. The van der Waals surface area contributed by atoms with Crippen LogP contribution in [0.4, 0.5) is 14.5 Å². The average molecular weight is 452 g/mol. The van der Waals surface area contributed by atoms with Crippen LogP contribution in [-0.4, -0.2) is 29.1 Å². The lowest BCUT2D eigenvalue weighted by Gasteiger charge is -2.33. The zero-order valence-corrected chi connectivity index (χ0v) is 18.4. The number of pyridine rings is 1. The van der Waals surface area contributed by atoms with Gasteiger partial charge < -0.3 is 15.7 Å². The number of fused-ring (bicyclic) bond motifs is 1. The summed E-state index contributed by atoms with van der Waals surface area (Å²) in [5, 5.41) is 16.0. The molecule has 0 aliphatic carbocycles. The van der Waals surface area contributed by atoms with Crippen molar-refractivity contribution in [1.82, 2.24) is 10.3 Å². The molecular weight excluding hydrogens is 424 g/mol. The number of hydrogen-bond acceptors (Lipinski definition) is 4. The highest BCUT2D eigenvalue weighted by Crippen LogP contribution is 2.32. The average Bonchev–Trinajstić information content (AvgIpc) is 2.79. The second kappa shape index (κ2) is 10.1. The van der Waals surface area contributed by atoms with Crippen molar-refractivity contribution in [1.29, 1.82) is 0 Å². The van der Waals surface area contributed by atoms with E-state index in [0.29, 0.717) is 25.1 Å². The number of carboxylic acid groups (broad SMARTS) is 1. The number of anilines is 1. The van der Waals surface area contributed by atoms with Gasteiger partial charge in [-0.3, -0.25) is 9.78 Å². The van der Waals surface area contributed by atoms with E-state index in [1.54, 1.807) is 6.07 Å². The fourth-order valence-electron chi connectivity index (χ4n) is 4.46. The molecule has 3 aromatic rings. The molecule has 0 fully saturated rings. The van der Waals surface area contributed by atoms with E-state index in [-0.39, 0.29) is 30.1 Å². The predicted molar refractivity (Wildman–Crippen MR) is 123 cm³/mol. The lowest BCUT2D eigenvalue weighted by molar-refractivity contribution is -0.136. The Labute approximate surface area is 191 Å². The van der Waals surface area contributed by atoms with Crippen LogP contribution in [0.15, 0.2) is 60.8 Å². The standard InChI is InChI=1S/C26H27F2N3O2/c1-16(19-7-17(9-25(32)33)8-21(27)10-19)13-31-26(18-5-3-2-4-6-18)20-11-23-24(29-14-20)12-22(28)15-30-23/h2-8,10,12,15-16,20,26,29,31H,9,11,13-14H2,1H3,(H,32,33)/t16-,20-,26-/m1/s1. The molecule has 2 heterocycles. The lowest BCUT2D eigenvalue weighted by Crippen LogP contribution is -2.37. The number of carboxylic acids is 1. The van der Waals surface area contributed by atoms with Crippen molar-refractivity contribution in [2.75, 3.05) is 18.4 Å². The van der Waals surface area contributed by atoms with Gasteiger partial charge in [-0.25, -0.2) is 8.78 Å². The summed E-state index contributed by atoms with van der Waals surface area (Å²) >= 11 is 0. The van der Waals surface area contributed by atoms with Crippen LogP contribution in [0.25, 0.3) is 0 Å². The van der Waals surface area contributed by atoms with Gasteiger partial charge in [0.1, 0.15) is 11.6 Å². The maximum atomic E-state index is 14.1. The Morgan fingerprint density at radius 3 is 2.70 bits per heavy atom. The molecule has 0 radical (unpaired) electrons. The number of nitrogens with one attached hydrogen (secondary N) is 2. The number of hydrogen-bond donors (Lipinski definition) is 3. The Morgan fingerprint density at radius 2 is 1.94 bits per heavy atom. The zero-order valence-electron chi connectivity index (χ0n) is 18.4. The van der Waals surface area contributed by atoms with Gasteiger partial charge in [0, 0.05) is 31.1 Å². The highest BCUT2D eigenvalue weighted by atomic mass is 19.1. The van der Waals surface area contributed by atoms with E-state index in [4.69, 9.17) is 5.11 Å². The highest BCUT2D eigenvalue weighted by molar-refractivity contribution is 5.70. The molecule has 3 N–H and O–H groups in total. The summed E-state index contributed by atoms with van der Waals surface area (Å²) in [4.78, 5) is 15.3. The first kappa shape index (κ1) is 22.9. The summed E-state index contributed by atoms with van der Waals surface area (Å²) < 4.78 is 27.6. The molecule has 172 valence electrons.